The van der Waals surface area contributed by atoms with Crippen LogP contribution in [0.4, 0.5) is 5.82 Å². The summed E-state index contributed by atoms with van der Waals surface area (Å²) in [6.45, 7) is 5.22. The van der Waals surface area contributed by atoms with Crippen LogP contribution in [0.15, 0.2) is 6.07 Å². The number of aromatic nitrogens is 2. The van der Waals surface area contributed by atoms with E-state index in [0.717, 1.165) is 37.9 Å². The van der Waals surface area contributed by atoms with Crippen molar-refractivity contribution in [1.29, 1.82) is 0 Å². The first-order valence-electron chi connectivity index (χ1n) is 6.77. The first kappa shape index (κ1) is 13.1. The van der Waals surface area contributed by atoms with Crippen molar-refractivity contribution >= 4 is 11.7 Å². The van der Waals surface area contributed by atoms with Gasteiger partial charge in [0.1, 0.15) is 0 Å². The van der Waals surface area contributed by atoms with Gasteiger partial charge in [0.15, 0.2) is 5.82 Å². The molecule has 1 aliphatic heterocycles. The van der Waals surface area contributed by atoms with Crippen LogP contribution < -0.4 is 10.6 Å². The van der Waals surface area contributed by atoms with Crippen LogP contribution in [0.25, 0.3) is 0 Å². The molecule has 1 aromatic heterocycles. The molecule has 2 unspecified atom stereocenters. The van der Waals surface area contributed by atoms with Crippen molar-refractivity contribution in [2.75, 3.05) is 11.9 Å². The lowest BCUT2D eigenvalue weighted by molar-refractivity contribution is -0.119. The van der Waals surface area contributed by atoms with E-state index in [2.05, 4.69) is 34.7 Å². The number of carbonyl (C=O) groups excluding carboxylic acids is 1. The van der Waals surface area contributed by atoms with Crippen LogP contribution in [0.1, 0.15) is 38.8 Å². The minimum atomic E-state index is -0.0833. The van der Waals surface area contributed by atoms with E-state index in [1.807, 2.05) is 6.07 Å². The van der Waals surface area contributed by atoms with Gasteiger partial charge in [0.05, 0.1) is 6.04 Å². The fourth-order valence-corrected chi connectivity index (χ4v) is 2.34. The third-order valence-electron chi connectivity index (χ3n) is 3.38. The lowest BCUT2D eigenvalue weighted by Crippen LogP contribution is -2.45. The zero-order valence-electron chi connectivity index (χ0n) is 11.1. The molecule has 0 spiro atoms. The number of carbonyl (C=O) groups is 1. The monoisotopic (exact) mass is 250 g/mol. The molecule has 0 bridgehead atoms. The normalized spacial score (nSPS) is 23.9. The van der Waals surface area contributed by atoms with E-state index in [-0.39, 0.29) is 11.9 Å². The summed E-state index contributed by atoms with van der Waals surface area (Å²) >= 11 is 0. The summed E-state index contributed by atoms with van der Waals surface area (Å²) in [5, 5.41) is 13.2. The third-order valence-corrected chi connectivity index (χ3v) is 3.38. The minimum Gasteiger partial charge on any atom is -0.308 e. The van der Waals surface area contributed by atoms with Gasteiger partial charge < -0.3 is 10.6 Å². The largest absolute Gasteiger partial charge is 0.308 e. The van der Waals surface area contributed by atoms with Gasteiger partial charge >= 0.3 is 0 Å². The Bertz CT molecular complexity index is 401. The van der Waals surface area contributed by atoms with Crippen LogP contribution in [-0.2, 0) is 11.2 Å². The number of H-pyrrole nitrogens is 1. The average Bonchev–Trinajstić information content (AvgIpc) is 2.77. The summed E-state index contributed by atoms with van der Waals surface area (Å²) in [5.74, 6) is 1.26. The molecule has 18 heavy (non-hydrogen) atoms. The molecule has 0 saturated carbocycles. The number of amides is 1. The molecule has 5 heteroatoms. The van der Waals surface area contributed by atoms with E-state index in [9.17, 15) is 4.79 Å². The number of hydrogen-bond acceptors (Lipinski definition) is 3. The number of nitrogens with zero attached hydrogens (tertiary/aromatic N) is 1. The maximum atomic E-state index is 12.1. The molecule has 1 aliphatic rings. The fraction of sp³-hybridized carbons (Fsp3) is 0.692. The van der Waals surface area contributed by atoms with Crippen LogP contribution in [0.3, 0.4) is 0 Å². The van der Waals surface area contributed by atoms with E-state index in [1.54, 1.807) is 0 Å². The molecule has 2 heterocycles. The second-order valence-electron chi connectivity index (χ2n) is 5.15. The van der Waals surface area contributed by atoms with Crippen LogP contribution in [0.5, 0.6) is 0 Å². The Morgan fingerprint density at radius 1 is 1.61 bits per heavy atom. The van der Waals surface area contributed by atoms with Crippen LogP contribution >= 0.6 is 0 Å². The SMILES string of the molecule is CCCc1cc(NC(=O)C2CC(C)CCN2)n[nH]1. The number of aryl methyl sites for hydroxylation is 1. The first-order chi connectivity index (χ1) is 8.69. The lowest BCUT2D eigenvalue weighted by Gasteiger charge is -2.26. The molecule has 3 N–H and O–H groups in total. The highest BCUT2D eigenvalue weighted by Gasteiger charge is 2.24. The van der Waals surface area contributed by atoms with E-state index in [0.29, 0.717) is 11.7 Å². The standard InChI is InChI=1S/C13H22N4O/c1-3-4-10-8-12(17-16-10)15-13(18)11-7-9(2)5-6-14-11/h8-9,11,14H,3-7H2,1-2H3,(H2,15,16,17,18). The fourth-order valence-electron chi connectivity index (χ4n) is 2.34. The number of nitrogens with one attached hydrogen (secondary N) is 3. The summed E-state index contributed by atoms with van der Waals surface area (Å²) < 4.78 is 0. The van der Waals surface area contributed by atoms with Crippen molar-refractivity contribution in [3.8, 4) is 0 Å². The van der Waals surface area contributed by atoms with Gasteiger partial charge in [0, 0.05) is 11.8 Å². The van der Waals surface area contributed by atoms with Gasteiger partial charge in [-0.3, -0.25) is 9.89 Å². The molecule has 1 aromatic rings. The molecule has 2 atom stereocenters. The molecule has 1 fully saturated rings. The molecule has 1 saturated heterocycles. The molecule has 2 rings (SSSR count). The smallest absolute Gasteiger partial charge is 0.242 e. The molecular weight excluding hydrogens is 228 g/mol. The zero-order chi connectivity index (χ0) is 13.0. The van der Waals surface area contributed by atoms with Gasteiger partial charge in [-0.1, -0.05) is 20.3 Å². The predicted octanol–water partition coefficient (Wildman–Crippen LogP) is 1.69. The number of anilines is 1. The number of rotatable bonds is 4. The Labute approximate surface area is 108 Å². The second-order valence-corrected chi connectivity index (χ2v) is 5.15. The van der Waals surface area contributed by atoms with Crippen molar-refractivity contribution in [3.63, 3.8) is 0 Å². The van der Waals surface area contributed by atoms with Crippen molar-refractivity contribution < 1.29 is 4.79 Å². The van der Waals surface area contributed by atoms with E-state index < -0.39 is 0 Å². The van der Waals surface area contributed by atoms with Gasteiger partial charge in [0.25, 0.3) is 0 Å². The van der Waals surface area contributed by atoms with Crippen molar-refractivity contribution in [2.45, 2.75) is 45.6 Å². The molecule has 1 amide bonds. The van der Waals surface area contributed by atoms with Gasteiger partial charge in [-0.25, -0.2) is 0 Å². The molecule has 5 nitrogen and oxygen atoms in total. The Morgan fingerprint density at radius 3 is 3.17 bits per heavy atom. The van der Waals surface area contributed by atoms with E-state index in [4.69, 9.17) is 0 Å². The minimum absolute atomic E-state index is 0.0242. The van der Waals surface area contributed by atoms with Gasteiger partial charge in [-0.15, -0.1) is 0 Å². The molecule has 0 aromatic carbocycles. The Balaban J connectivity index is 1.89. The number of piperidine rings is 1. The number of hydrogen-bond donors (Lipinski definition) is 3. The average molecular weight is 250 g/mol. The summed E-state index contributed by atoms with van der Waals surface area (Å²) in [7, 11) is 0. The van der Waals surface area contributed by atoms with E-state index >= 15 is 0 Å². The third kappa shape index (κ3) is 3.32. The highest BCUT2D eigenvalue weighted by atomic mass is 16.2. The molecule has 100 valence electrons. The van der Waals surface area contributed by atoms with Gasteiger partial charge in [0.2, 0.25) is 5.91 Å². The topological polar surface area (TPSA) is 69.8 Å². The summed E-state index contributed by atoms with van der Waals surface area (Å²) in [6.07, 6.45) is 4.07. The summed E-state index contributed by atoms with van der Waals surface area (Å²) in [4.78, 5) is 12.1. The van der Waals surface area contributed by atoms with Crippen molar-refractivity contribution in [3.05, 3.63) is 11.8 Å². The maximum Gasteiger partial charge on any atom is 0.242 e. The second kappa shape index (κ2) is 6.00. The Morgan fingerprint density at radius 2 is 2.44 bits per heavy atom. The van der Waals surface area contributed by atoms with Gasteiger partial charge in [-0.2, -0.15) is 5.10 Å². The lowest BCUT2D eigenvalue weighted by atomic mass is 9.94. The van der Waals surface area contributed by atoms with Crippen molar-refractivity contribution in [2.24, 2.45) is 5.92 Å². The van der Waals surface area contributed by atoms with Crippen LogP contribution in [0, 0.1) is 5.92 Å². The Kier molecular flexibility index (Phi) is 4.36. The molecule has 0 radical (unpaired) electrons. The summed E-state index contributed by atoms with van der Waals surface area (Å²) in [5.41, 5.74) is 1.07. The zero-order valence-corrected chi connectivity index (χ0v) is 11.1. The highest BCUT2D eigenvalue weighted by Crippen LogP contribution is 2.16. The van der Waals surface area contributed by atoms with Gasteiger partial charge in [-0.05, 0) is 31.7 Å². The van der Waals surface area contributed by atoms with E-state index in [1.165, 1.54) is 0 Å². The first-order valence-corrected chi connectivity index (χ1v) is 6.77. The molecular formula is C13H22N4O. The Hall–Kier alpha value is -1.36. The summed E-state index contributed by atoms with van der Waals surface area (Å²) in [6, 6.07) is 1.83. The highest BCUT2D eigenvalue weighted by molar-refractivity contribution is 5.94. The van der Waals surface area contributed by atoms with Crippen LogP contribution in [-0.4, -0.2) is 28.7 Å². The quantitative estimate of drug-likeness (QED) is 0.761. The predicted molar refractivity (Wildman–Crippen MR) is 71.4 cm³/mol. The van der Waals surface area contributed by atoms with Crippen LogP contribution in [0.2, 0.25) is 0 Å². The molecule has 0 aliphatic carbocycles. The van der Waals surface area contributed by atoms with Crippen molar-refractivity contribution in [1.82, 2.24) is 15.5 Å². The maximum absolute atomic E-state index is 12.1. The number of aromatic amines is 1.